The van der Waals surface area contributed by atoms with Crippen molar-refractivity contribution >= 4 is 57.3 Å². The van der Waals surface area contributed by atoms with Crippen molar-refractivity contribution in [1.82, 2.24) is 10.2 Å². The van der Waals surface area contributed by atoms with Crippen LogP contribution in [0.5, 0.6) is 11.5 Å². The summed E-state index contributed by atoms with van der Waals surface area (Å²) in [5.74, 6) is -1.07. The predicted molar refractivity (Wildman–Crippen MR) is 152 cm³/mol. The van der Waals surface area contributed by atoms with Crippen molar-refractivity contribution in [2.75, 3.05) is 19.1 Å². The van der Waals surface area contributed by atoms with Gasteiger partial charge in [0.25, 0.3) is 5.78 Å². The second-order valence-electron chi connectivity index (χ2n) is 8.56. The third-order valence-corrected chi connectivity index (χ3v) is 8.54. The molecule has 0 bridgehead atoms. The van der Waals surface area contributed by atoms with E-state index in [9.17, 15) is 19.1 Å². The Balaban J connectivity index is 1.57. The minimum absolute atomic E-state index is 0.116. The largest absolute Gasteiger partial charge is 0.507 e. The molecule has 0 aliphatic carbocycles. The van der Waals surface area contributed by atoms with Crippen molar-refractivity contribution in [3.05, 3.63) is 99.8 Å². The Morgan fingerprint density at radius 3 is 2.40 bits per heavy atom. The summed E-state index contributed by atoms with van der Waals surface area (Å²) in [4.78, 5) is 28.1. The number of ketones is 1. The maximum absolute atomic E-state index is 13.4. The number of anilines is 1. The number of hydrogen-bond acceptors (Lipinski definition) is 9. The first-order valence-electron chi connectivity index (χ1n) is 11.8. The second kappa shape index (κ2) is 11.7. The molecule has 1 aliphatic heterocycles. The van der Waals surface area contributed by atoms with E-state index >= 15 is 0 Å². The summed E-state index contributed by atoms with van der Waals surface area (Å²) in [6, 6.07) is 16.3. The van der Waals surface area contributed by atoms with Crippen molar-refractivity contribution in [3.63, 3.8) is 0 Å². The van der Waals surface area contributed by atoms with Gasteiger partial charge in [-0.2, -0.15) is 0 Å². The Morgan fingerprint density at radius 1 is 1.02 bits per heavy atom. The van der Waals surface area contributed by atoms with Crippen LogP contribution in [0.2, 0.25) is 5.02 Å². The summed E-state index contributed by atoms with van der Waals surface area (Å²) in [7, 11) is 2.97. The lowest BCUT2D eigenvalue weighted by Crippen LogP contribution is -2.29. The van der Waals surface area contributed by atoms with E-state index in [-0.39, 0.29) is 22.3 Å². The first-order valence-corrected chi connectivity index (χ1v) is 14.0. The second-order valence-corrected chi connectivity index (χ2v) is 11.2. The van der Waals surface area contributed by atoms with Gasteiger partial charge in [0.05, 0.1) is 25.8 Å². The minimum atomic E-state index is -1.03. The van der Waals surface area contributed by atoms with Crippen LogP contribution in [0.3, 0.4) is 0 Å². The van der Waals surface area contributed by atoms with Crippen molar-refractivity contribution in [1.29, 1.82) is 0 Å². The summed E-state index contributed by atoms with van der Waals surface area (Å²) in [5.41, 5.74) is 1.58. The molecule has 4 aromatic rings. The monoisotopic (exact) mass is 597 g/mol. The van der Waals surface area contributed by atoms with E-state index in [4.69, 9.17) is 21.1 Å². The van der Waals surface area contributed by atoms with E-state index < -0.39 is 17.7 Å². The van der Waals surface area contributed by atoms with Crippen LogP contribution in [0.1, 0.15) is 22.7 Å². The quantitative estimate of drug-likeness (QED) is 0.0834. The van der Waals surface area contributed by atoms with Crippen molar-refractivity contribution < 1.29 is 28.6 Å². The van der Waals surface area contributed by atoms with Crippen LogP contribution in [-0.2, 0) is 15.3 Å². The molecule has 40 heavy (non-hydrogen) atoms. The number of benzene rings is 3. The third kappa shape index (κ3) is 5.40. The molecule has 0 saturated carbocycles. The number of rotatable bonds is 8. The van der Waals surface area contributed by atoms with E-state index in [1.807, 2.05) is 0 Å². The lowest BCUT2D eigenvalue weighted by molar-refractivity contribution is -0.132. The molecule has 5 rings (SSSR count). The molecule has 1 atom stereocenters. The first-order chi connectivity index (χ1) is 19.3. The maximum atomic E-state index is 13.4. The molecule has 0 radical (unpaired) electrons. The SMILES string of the molecule is COc1ccc(C2/C(=C(/O)c3ccc(Cl)cc3)C(=O)C(=O)N2c2nnc(SCc3ccc(F)cc3)s2)cc1OC. The Morgan fingerprint density at radius 2 is 1.73 bits per heavy atom. The van der Waals surface area contributed by atoms with Gasteiger partial charge in [-0.15, -0.1) is 10.2 Å². The van der Waals surface area contributed by atoms with E-state index in [0.29, 0.717) is 37.7 Å². The lowest BCUT2D eigenvalue weighted by atomic mass is 9.95. The van der Waals surface area contributed by atoms with E-state index in [0.717, 1.165) is 16.9 Å². The van der Waals surface area contributed by atoms with Crippen LogP contribution >= 0.6 is 34.7 Å². The molecule has 1 amide bonds. The van der Waals surface area contributed by atoms with Crippen LogP contribution in [0.15, 0.2) is 76.6 Å². The molecule has 1 N–H and O–H groups in total. The summed E-state index contributed by atoms with van der Waals surface area (Å²) < 4.78 is 24.6. The number of methoxy groups -OCH3 is 2. The van der Waals surface area contributed by atoms with Gasteiger partial charge < -0.3 is 14.6 Å². The maximum Gasteiger partial charge on any atom is 0.301 e. The highest BCUT2D eigenvalue weighted by molar-refractivity contribution is 8.00. The smallest absolute Gasteiger partial charge is 0.301 e. The molecular formula is C28H21ClFN3O5S2. The Labute approximate surface area is 242 Å². The topological polar surface area (TPSA) is 102 Å². The van der Waals surface area contributed by atoms with Crippen LogP contribution in [0.4, 0.5) is 9.52 Å². The van der Waals surface area contributed by atoms with Gasteiger partial charge in [-0.1, -0.05) is 52.9 Å². The number of halogens is 2. The minimum Gasteiger partial charge on any atom is -0.507 e. The van der Waals surface area contributed by atoms with E-state index in [2.05, 4.69) is 10.2 Å². The highest BCUT2D eigenvalue weighted by atomic mass is 35.5. The lowest BCUT2D eigenvalue weighted by Gasteiger charge is -2.23. The van der Waals surface area contributed by atoms with Gasteiger partial charge in [0, 0.05) is 16.3 Å². The number of amides is 1. The third-order valence-electron chi connectivity index (χ3n) is 6.16. The van der Waals surface area contributed by atoms with Gasteiger partial charge in [0.15, 0.2) is 15.8 Å². The first kappa shape index (κ1) is 27.6. The van der Waals surface area contributed by atoms with Gasteiger partial charge in [-0.3, -0.25) is 14.5 Å². The number of aromatic nitrogens is 2. The summed E-state index contributed by atoms with van der Waals surface area (Å²) >= 11 is 8.50. The fourth-order valence-electron chi connectivity index (χ4n) is 4.22. The summed E-state index contributed by atoms with van der Waals surface area (Å²) in [6.45, 7) is 0. The number of carbonyl (C=O) groups excluding carboxylic acids is 2. The number of nitrogens with zero attached hydrogens (tertiary/aromatic N) is 3. The van der Waals surface area contributed by atoms with Gasteiger partial charge in [0.2, 0.25) is 5.13 Å². The Kier molecular flexibility index (Phi) is 8.06. The molecule has 204 valence electrons. The molecule has 3 aromatic carbocycles. The molecule has 12 heteroatoms. The average Bonchev–Trinajstić information content (AvgIpc) is 3.54. The molecule has 8 nitrogen and oxygen atoms in total. The number of aliphatic hydroxyl groups excluding tert-OH is 1. The van der Waals surface area contributed by atoms with Crippen molar-refractivity contribution in [3.8, 4) is 11.5 Å². The Hall–Kier alpha value is -3.93. The molecule has 1 aliphatic rings. The number of hydrogen-bond donors (Lipinski definition) is 1. The highest BCUT2D eigenvalue weighted by Crippen LogP contribution is 2.45. The van der Waals surface area contributed by atoms with Gasteiger partial charge in [-0.05, 0) is 59.7 Å². The van der Waals surface area contributed by atoms with Crippen LogP contribution in [0.25, 0.3) is 5.76 Å². The molecule has 1 aromatic heterocycles. The zero-order valence-corrected chi connectivity index (χ0v) is 23.5. The summed E-state index contributed by atoms with van der Waals surface area (Å²) in [6.07, 6.45) is 0. The van der Waals surface area contributed by atoms with Gasteiger partial charge in [-0.25, -0.2) is 4.39 Å². The molecule has 0 spiro atoms. The van der Waals surface area contributed by atoms with Crippen LogP contribution in [-0.4, -0.2) is 41.2 Å². The fraction of sp³-hybridized carbons (Fsp3) is 0.143. The number of carbonyl (C=O) groups is 2. The van der Waals surface area contributed by atoms with Crippen molar-refractivity contribution in [2.45, 2.75) is 16.1 Å². The molecule has 1 saturated heterocycles. The molecule has 1 fully saturated rings. The van der Waals surface area contributed by atoms with E-state index in [1.165, 1.54) is 43.0 Å². The molecule has 2 heterocycles. The molecular weight excluding hydrogens is 577 g/mol. The zero-order chi connectivity index (χ0) is 28.4. The summed E-state index contributed by atoms with van der Waals surface area (Å²) in [5, 5.41) is 20.3. The van der Waals surface area contributed by atoms with Crippen LogP contribution in [0, 0.1) is 5.82 Å². The normalized spacial score (nSPS) is 16.4. The van der Waals surface area contributed by atoms with Crippen molar-refractivity contribution in [2.24, 2.45) is 0 Å². The van der Waals surface area contributed by atoms with Gasteiger partial charge in [0.1, 0.15) is 11.6 Å². The van der Waals surface area contributed by atoms with E-state index in [1.54, 1.807) is 54.6 Å². The highest BCUT2D eigenvalue weighted by Gasteiger charge is 2.48. The number of Topliss-reactive ketones (excluding diaryl/α,β-unsaturated/α-hetero) is 1. The number of thioether (sulfide) groups is 1. The standard InChI is InChI=1S/C28H21ClFN3O5S2/c1-37-20-12-7-17(13-21(20)38-2)23-22(24(34)16-5-8-18(29)9-6-16)25(35)26(36)33(23)27-31-32-28(40-27)39-14-15-3-10-19(30)11-4-15/h3-13,23,34H,14H2,1-2H3/b24-22-. The average molecular weight is 598 g/mol. The zero-order valence-electron chi connectivity index (χ0n) is 21.1. The molecule has 1 unspecified atom stereocenters. The van der Waals surface area contributed by atoms with Crippen LogP contribution < -0.4 is 14.4 Å². The fourth-order valence-corrected chi connectivity index (χ4v) is 6.16. The number of ether oxygens (including phenoxy) is 2. The predicted octanol–water partition coefficient (Wildman–Crippen LogP) is 6.27. The van der Waals surface area contributed by atoms with Gasteiger partial charge >= 0.3 is 5.91 Å². The number of aliphatic hydroxyl groups is 1. The Bertz CT molecular complexity index is 1610.